The van der Waals surface area contributed by atoms with Crippen molar-refractivity contribution in [2.45, 2.75) is 17.7 Å². The summed E-state index contributed by atoms with van der Waals surface area (Å²) in [5.41, 5.74) is 1.27. The standard InChI is InChI=1S/C23H29N3O5S/c1-30-21-10-9-18(32(28,29)26-11-5-6-12-26)17-19(21)23(27)25-15-13-24(14-16-25)20-7-3-4-8-22(20)31-2/h3-4,7-10,17H,5-6,11-16H2,1-2H3. The van der Waals surface area contributed by atoms with Crippen LogP contribution in [0.25, 0.3) is 0 Å². The molecule has 8 nitrogen and oxygen atoms in total. The summed E-state index contributed by atoms with van der Waals surface area (Å²) < 4.78 is 38.3. The summed E-state index contributed by atoms with van der Waals surface area (Å²) in [6.07, 6.45) is 1.72. The predicted molar refractivity (Wildman–Crippen MR) is 122 cm³/mol. The summed E-state index contributed by atoms with van der Waals surface area (Å²) in [5, 5.41) is 0. The molecular weight excluding hydrogens is 430 g/mol. The van der Waals surface area contributed by atoms with Crippen LogP contribution in [0.4, 0.5) is 5.69 Å². The van der Waals surface area contributed by atoms with E-state index in [0.717, 1.165) is 24.3 Å². The molecule has 0 bridgehead atoms. The molecule has 32 heavy (non-hydrogen) atoms. The third-order valence-electron chi connectivity index (χ3n) is 6.10. The first-order valence-electron chi connectivity index (χ1n) is 10.8. The number of methoxy groups -OCH3 is 2. The Morgan fingerprint density at radius 2 is 1.50 bits per heavy atom. The minimum atomic E-state index is -3.62. The van der Waals surface area contributed by atoms with E-state index in [1.54, 1.807) is 18.1 Å². The quantitative estimate of drug-likeness (QED) is 0.660. The van der Waals surface area contributed by atoms with E-state index < -0.39 is 10.0 Å². The number of amides is 1. The van der Waals surface area contributed by atoms with E-state index in [1.165, 1.54) is 23.5 Å². The van der Waals surface area contributed by atoms with Gasteiger partial charge in [0.1, 0.15) is 11.5 Å². The molecule has 2 aliphatic heterocycles. The van der Waals surface area contributed by atoms with Crippen molar-refractivity contribution in [3.05, 3.63) is 48.0 Å². The smallest absolute Gasteiger partial charge is 0.257 e. The highest BCUT2D eigenvalue weighted by atomic mass is 32.2. The lowest BCUT2D eigenvalue weighted by atomic mass is 10.1. The number of hydrogen-bond donors (Lipinski definition) is 0. The Bertz CT molecular complexity index is 1070. The highest BCUT2D eigenvalue weighted by Crippen LogP contribution is 2.30. The van der Waals surface area contributed by atoms with E-state index in [9.17, 15) is 13.2 Å². The molecule has 0 radical (unpaired) electrons. The molecule has 2 aliphatic rings. The number of para-hydroxylation sites is 2. The second kappa shape index (κ2) is 9.38. The molecule has 2 heterocycles. The SMILES string of the molecule is COc1ccc(S(=O)(=O)N2CCCC2)cc1C(=O)N1CCN(c2ccccc2OC)CC1. The van der Waals surface area contributed by atoms with Crippen molar-refractivity contribution in [2.75, 3.05) is 58.4 Å². The number of benzene rings is 2. The van der Waals surface area contributed by atoms with E-state index in [1.807, 2.05) is 24.3 Å². The van der Waals surface area contributed by atoms with Crippen LogP contribution in [0.15, 0.2) is 47.4 Å². The maximum Gasteiger partial charge on any atom is 0.257 e. The molecule has 0 atom stereocenters. The van der Waals surface area contributed by atoms with Crippen LogP contribution >= 0.6 is 0 Å². The minimum absolute atomic E-state index is 0.135. The minimum Gasteiger partial charge on any atom is -0.496 e. The van der Waals surface area contributed by atoms with Gasteiger partial charge in [-0.2, -0.15) is 4.31 Å². The van der Waals surface area contributed by atoms with Gasteiger partial charge >= 0.3 is 0 Å². The maximum atomic E-state index is 13.3. The number of carbonyl (C=O) groups is 1. The summed E-state index contributed by atoms with van der Waals surface area (Å²) in [6.45, 7) is 3.37. The van der Waals surface area contributed by atoms with Crippen LogP contribution in [-0.4, -0.2) is 77.0 Å². The number of rotatable bonds is 6. The molecule has 0 aliphatic carbocycles. The lowest BCUT2D eigenvalue weighted by Gasteiger charge is -2.36. The second-order valence-corrected chi connectivity index (χ2v) is 9.86. The topological polar surface area (TPSA) is 79.4 Å². The summed E-state index contributed by atoms with van der Waals surface area (Å²) in [5.74, 6) is 0.955. The number of sulfonamides is 1. The zero-order valence-electron chi connectivity index (χ0n) is 18.5. The number of anilines is 1. The van der Waals surface area contributed by atoms with Gasteiger partial charge in [0.05, 0.1) is 30.4 Å². The monoisotopic (exact) mass is 459 g/mol. The first kappa shape index (κ1) is 22.4. The van der Waals surface area contributed by atoms with E-state index >= 15 is 0 Å². The fraction of sp³-hybridized carbons (Fsp3) is 0.435. The Morgan fingerprint density at radius 1 is 0.844 bits per heavy atom. The zero-order valence-corrected chi connectivity index (χ0v) is 19.3. The second-order valence-electron chi connectivity index (χ2n) is 7.92. The van der Waals surface area contributed by atoms with Gasteiger partial charge in [-0.25, -0.2) is 8.42 Å². The lowest BCUT2D eigenvalue weighted by Crippen LogP contribution is -2.49. The number of hydrogen-bond acceptors (Lipinski definition) is 6. The van der Waals surface area contributed by atoms with Gasteiger partial charge in [-0.05, 0) is 43.2 Å². The summed E-state index contributed by atoms with van der Waals surface area (Å²) in [7, 11) is -0.485. The van der Waals surface area contributed by atoms with E-state index in [-0.39, 0.29) is 16.4 Å². The molecule has 172 valence electrons. The fourth-order valence-corrected chi connectivity index (χ4v) is 5.85. The molecule has 0 aromatic heterocycles. The van der Waals surface area contributed by atoms with Gasteiger partial charge in [-0.15, -0.1) is 0 Å². The van der Waals surface area contributed by atoms with E-state index in [0.29, 0.717) is 45.0 Å². The molecule has 4 rings (SSSR count). The van der Waals surface area contributed by atoms with Crippen molar-refractivity contribution in [2.24, 2.45) is 0 Å². The van der Waals surface area contributed by atoms with Crippen LogP contribution in [0.5, 0.6) is 11.5 Å². The summed E-state index contributed by atoms with van der Waals surface area (Å²) in [6, 6.07) is 12.4. The van der Waals surface area contributed by atoms with Crippen LogP contribution in [0.3, 0.4) is 0 Å². The normalized spacial score (nSPS) is 17.4. The molecule has 2 aromatic carbocycles. The van der Waals surface area contributed by atoms with Gasteiger partial charge in [0, 0.05) is 39.3 Å². The van der Waals surface area contributed by atoms with Gasteiger partial charge in [0.2, 0.25) is 10.0 Å². The lowest BCUT2D eigenvalue weighted by molar-refractivity contribution is 0.0743. The maximum absolute atomic E-state index is 13.3. The number of carbonyl (C=O) groups excluding carboxylic acids is 1. The van der Waals surface area contributed by atoms with Gasteiger partial charge in [-0.3, -0.25) is 4.79 Å². The summed E-state index contributed by atoms with van der Waals surface area (Å²) >= 11 is 0. The van der Waals surface area contributed by atoms with Gasteiger partial charge in [0.15, 0.2) is 0 Å². The van der Waals surface area contributed by atoms with Crippen LogP contribution < -0.4 is 14.4 Å². The third-order valence-corrected chi connectivity index (χ3v) is 7.99. The molecule has 0 unspecified atom stereocenters. The molecule has 2 fully saturated rings. The molecule has 1 amide bonds. The highest BCUT2D eigenvalue weighted by molar-refractivity contribution is 7.89. The molecule has 9 heteroatoms. The van der Waals surface area contributed by atoms with Crippen molar-refractivity contribution in [3.63, 3.8) is 0 Å². The molecule has 2 aromatic rings. The van der Waals surface area contributed by atoms with E-state index in [4.69, 9.17) is 9.47 Å². The van der Waals surface area contributed by atoms with Gasteiger partial charge < -0.3 is 19.3 Å². The summed E-state index contributed by atoms with van der Waals surface area (Å²) in [4.78, 5) is 17.4. The van der Waals surface area contributed by atoms with Crippen LogP contribution in [0, 0.1) is 0 Å². The van der Waals surface area contributed by atoms with E-state index in [2.05, 4.69) is 4.90 Å². The number of piperazine rings is 1. The van der Waals surface area contributed by atoms with Crippen molar-refractivity contribution in [1.29, 1.82) is 0 Å². The Labute approximate surface area is 189 Å². The highest BCUT2D eigenvalue weighted by Gasteiger charge is 2.30. The molecular formula is C23H29N3O5S. The first-order chi connectivity index (χ1) is 15.5. The largest absolute Gasteiger partial charge is 0.496 e. The van der Waals surface area contributed by atoms with Crippen molar-refractivity contribution in [3.8, 4) is 11.5 Å². The van der Waals surface area contributed by atoms with Gasteiger partial charge in [-0.1, -0.05) is 12.1 Å². The first-order valence-corrected chi connectivity index (χ1v) is 12.2. The van der Waals surface area contributed by atoms with Crippen molar-refractivity contribution >= 4 is 21.6 Å². The fourth-order valence-electron chi connectivity index (χ4n) is 4.30. The molecule has 0 spiro atoms. The van der Waals surface area contributed by atoms with Crippen molar-refractivity contribution < 1.29 is 22.7 Å². The Balaban J connectivity index is 1.53. The predicted octanol–water partition coefficient (Wildman–Crippen LogP) is 2.45. The average molecular weight is 460 g/mol. The van der Waals surface area contributed by atoms with Crippen LogP contribution in [-0.2, 0) is 10.0 Å². The molecule has 0 N–H and O–H groups in total. The number of ether oxygens (including phenoxy) is 2. The Hall–Kier alpha value is -2.78. The zero-order chi connectivity index (χ0) is 22.7. The van der Waals surface area contributed by atoms with Crippen LogP contribution in [0.1, 0.15) is 23.2 Å². The molecule has 2 saturated heterocycles. The third kappa shape index (κ3) is 4.27. The van der Waals surface area contributed by atoms with Crippen LogP contribution in [0.2, 0.25) is 0 Å². The Kier molecular flexibility index (Phi) is 6.57. The van der Waals surface area contributed by atoms with Gasteiger partial charge in [0.25, 0.3) is 5.91 Å². The molecule has 0 saturated carbocycles. The Morgan fingerprint density at radius 3 is 2.16 bits per heavy atom. The average Bonchev–Trinajstić information content (AvgIpc) is 3.39. The number of nitrogens with zero attached hydrogens (tertiary/aromatic N) is 3. The van der Waals surface area contributed by atoms with Crippen molar-refractivity contribution in [1.82, 2.24) is 9.21 Å².